The molecule has 0 spiro atoms. The predicted molar refractivity (Wildman–Crippen MR) is 147 cm³/mol. The largest absolute Gasteiger partial charge is 0.463 e. The Bertz CT molecular complexity index is 1790. The van der Waals surface area contributed by atoms with E-state index < -0.39 is 12.0 Å². The van der Waals surface area contributed by atoms with Crippen LogP contribution in [0.15, 0.2) is 69.6 Å². The van der Waals surface area contributed by atoms with Crippen LogP contribution in [-0.2, 0) is 16.1 Å². The molecule has 6 nitrogen and oxygen atoms in total. The molecular formula is C30H27N3O3S. The first-order valence-electron chi connectivity index (χ1n) is 12.1. The first kappa shape index (κ1) is 24.5. The summed E-state index contributed by atoms with van der Waals surface area (Å²) in [6.07, 6.45) is 7.56. The molecule has 2 aromatic carbocycles. The quantitative estimate of drug-likeness (QED) is 0.302. The van der Waals surface area contributed by atoms with Crippen LogP contribution in [0.25, 0.3) is 17.0 Å². The van der Waals surface area contributed by atoms with Crippen LogP contribution in [0.2, 0.25) is 0 Å². The number of thiazole rings is 1. The minimum absolute atomic E-state index is 0.197. The summed E-state index contributed by atoms with van der Waals surface area (Å²) >= 11 is 1.32. The number of hydrogen-bond acceptors (Lipinski definition) is 5. The van der Waals surface area contributed by atoms with Gasteiger partial charge in [-0.15, -0.1) is 6.42 Å². The summed E-state index contributed by atoms with van der Waals surface area (Å²) in [5.41, 5.74) is 5.62. The standard InChI is InChI=1S/C30H27N3O3S/c1-6-16-32-20(5)23(22-10-8-9-11-24(22)32)17-25-28(34)33-27(21-14-12-18(3)13-15-21)26(29(35)36-7-2)19(4)31-30(33)37-25/h1,8-15,17,27H,7,16H2,2-5H3/b25-17-/t27-/m0/s1. The van der Waals surface area contributed by atoms with Crippen LogP contribution in [0.1, 0.15) is 42.3 Å². The molecule has 37 heavy (non-hydrogen) atoms. The Balaban J connectivity index is 1.77. The van der Waals surface area contributed by atoms with Crippen LogP contribution in [0.5, 0.6) is 0 Å². The summed E-state index contributed by atoms with van der Waals surface area (Å²) < 4.78 is 9.62. The number of nitrogens with zero attached hydrogens (tertiary/aromatic N) is 3. The molecule has 0 aliphatic carbocycles. The van der Waals surface area contributed by atoms with Gasteiger partial charge in [-0.2, -0.15) is 0 Å². The summed E-state index contributed by atoms with van der Waals surface area (Å²) in [6, 6.07) is 15.3. The predicted octanol–water partition coefficient (Wildman–Crippen LogP) is 4.00. The van der Waals surface area contributed by atoms with Crippen molar-refractivity contribution in [2.75, 3.05) is 6.61 Å². The Morgan fingerprint density at radius 1 is 1.16 bits per heavy atom. The topological polar surface area (TPSA) is 65.6 Å². The fraction of sp³-hybridized carbons (Fsp3) is 0.233. The van der Waals surface area contributed by atoms with Gasteiger partial charge < -0.3 is 9.30 Å². The highest BCUT2D eigenvalue weighted by Crippen LogP contribution is 2.31. The van der Waals surface area contributed by atoms with E-state index in [4.69, 9.17) is 11.2 Å². The number of allylic oxidation sites excluding steroid dienone is 1. The number of aryl methyl sites for hydroxylation is 1. The second kappa shape index (κ2) is 9.72. The van der Waals surface area contributed by atoms with Gasteiger partial charge in [-0.1, -0.05) is 65.3 Å². The third-order valence-electron chi connectivity index (χ3n) is 6.71. The third kappa shape index (κ3) is 4.13. The lowest BCUT2D eigenvalue weighted by Gasteiger charge is -2.24. The molecule has 0 saturated carbocycles. The zero-order valence-electron chi connectivity index (χ0n) is 21.2. The van der Waals surface area contributed by atoms with Crippen molar-refractivity contribution >= 4 is 34.3 Å². The van der Waals surface area contributed by atoms with Crippen LogP contribution in [0, 0.1) is 26.2 Å². The van der Waals surface area contributed by atoms with Gasteiger partial charge >= 0.3 is 5.97 Å². The molecule has 2 aromatic heterocycles. The number of hydrogen-bond donors (Lipinski definition) is 0. The van der Waals surface area contributed by atoms with E-state index in [9.17, 15) is 9.59 Å². The molecule has 4 aromatic rings. The maximum Gasteiger partial charge on any atom is 0.338 e. The second-order valence-corrected chi connectivity index (χ2v) is 10.0. The van der Waals surface area contributed by atoms with E-state index in [2.05, 4.69) is 15.5 Å². The van der Waals surface area contributed by atoms with Crippen LogP contribution in [0.4, 0.5) is 0 Å². The molecule has 186 valence electrons. The van der Waals surface area contributed by atoms with Gasteiger partial charge in [0.1, 0.15) is 0 Å². The Labute approximate surface area is 218 Å². The molecular weight excluding hydrogens is 482 g/mol. The van der Waals surface area contributed by atoms with Crippen LogP contribution >= 0.6 is 11.3 Å². The van der Waals surface area contributed by atoms with Crippen LogP contribution in [0.3, 0.4) is 0 Å². The minimum atomic E-state index is -0.623. The highest BCUT2D eigenvalue weighted by molar-refractivity contribution is 7.07. The summed E-state index contributed by atoms with van der Waals surface area (Å²) in [6.45, 7) is 8.25. The van der Waals surface area contributed by atoms with Gasteiger partial charge in [-0.05, 0) is 45.4 Å². The maximum absolute atomic E-state index is 13.9. The monoisotopic (exact) mass is 509 g/mol. The van der Waals surface area contributed by atoms with Crippen LogP contribution < -0.4 is 14.9 Å². The Morgan fingerprint density at radius 2 is 1.89 bits per heavy atom. The lowest BCUT2D eigenvalue weighted by atomic mass is 9.95. The maximum atomic E-state index is 13.9. The van der Waals surface area contributed by atoms with E-state index in [1.165, 1.54) is 11.3 Å². The number of rotatable bonds is 5. The van der Waals surface area contributed by atoms with Crippen molar-refractivity contribution in [2.24, 2.45) is 4.99 Å². The van der Waals surface area contributed by atoms with Crippen molar-refractivity contribution < 1.29 is 9.53 Å². The lowest BCUT2D eigenvalue weighted by Crippen LogP contribution is -2.39. The number of fused-ring (bicyclic) bond motifs is 2. The smallest absolute Gasteiger partial charge is 0.338 e. The first-order valence-corrected chi connectivity index (χ1v) is 12.9. The van der Waals surface area contributed by atoms with E-state index >= 15 is 0 Å². The molecule has 1 aliphatic rings. The van der Waals surface area contributed by atoms with E-state index in [1.807, 2.05) is 68.5 Å². The number of para-hydroxylation sites is 1. The highest BCUT2D eigenvalue weighted by Gasteiger charge is 2.33. The van der Waals surface area contributed by atoms with Gasteiger partial charge in [-0.3, -0.25) is 9.36 Å². The van der Waals surface area contributed by atoms with Crippen LogP contribution in [-0.4, -0.2) is 21.7 Å². The SMILES string of the molecule is C#CCn1c(C)c(/C=c2\sc3n(c2=O)[C@@H](c2ccc(C)cc2)C(C(=O)OCC)=C(C)N=3)c2ccccc21. The molecule has 0 unspecified atom stereocenters. The molecule has 0 radical (unpaired) electrons. The van der Waals surface area contributed by atoms with Crippen molar-refractivity contribution in [3.63, 3.8) is 0 Å². The number of ether oxygens (including phenoxy) is 1. The van der Waals surface area contributed by atoms with Gasteiger partial charge in [0.15, 0.2) is 4.80 Å². The lowest BCUT2D eigenvalue weighted by molar-refractivity contribution is -0.139. The second-order valence-electron chi connectivity index (χ2n) is 9.02. The molecule has 7 heteroatoms. The normalized spacial score (nSPS) is 15.4. The molecule has 0 bridgehead atoms. The fourth-order valence-corrected chi connectivity index (χ4v) is 5.95. The fourth-order valence-electron chi connectivity index (χ4n) is 4.92. The molecule has 1 atom stereocenters. The van der Waals surface area contributed by atoms with E-state index in [1.54, 1.807) is 18.4 Å². The van der Waals surface area contributed by atoms with Crippen molar-refractivity contribution in [2.45, 2.75) is 40.3 Å². The van der Waals surface area contributed by atoms with Crippen molar-refractivity contribution in [1.82, 2.24) is 9.13 Å². The van der Waals surface area contributed by atoms with E-state index in [-0.39, 0.29) is 12.2 Å². The number of benzene rings is 2. The molecule has 0 fully saturated rings. The summed E-state index contributed by atoms with van der Waals surface area (Å²) in [5.74, 6) is 2.26. The van der Waals surface area contributed by atoms with Gasteiger partial charge in [0.05, 0.1) is 35.0 Å². The summed E-state index contributed by atoms with van der Waals surface area (Å²) in [4.78, 5) is 32.2. The van der Waals surface area contributed by atoms with Gasteiger partial charge in [0.2, 0.25) is 0 Å². The zero-order chi connectivity index (χ0) is 26.3. The third-order valence-corrected chi connectivity index (χ3v) is 7.70. The minimum Gasteiger partial charge on any atom is -0.463 e. The Kier molecular flexibility index (Phi) is 6.45. The number of carbonyl (C=O) groups excluding carboxylic acids is 1. The number of carbonyl (C=O) groups is 1. The summed E-state index contributed by atoms with van der Waals surface area (Å²) in [7, 11) is 0. The average Bonchev–Trinajstić information content (AvgIpc) is 3.33. The van der Waals surface area contributed by atoms with E-state index in [0.29, 0.717) is 27.1 Å². The van der Waals surface area contributed by atoms with Crippen molar-refractivity contribution in [3.05, 3.63) is 102 Å². The molecule has 0 amide bonds. The summed E-state index contributed by atoms with van der Waals surface area (Å²) in [5, 5.41) is 1.03. The molecule has 3 heterocycles. The van der Waals surface area contributed by atoms with E-state index in [0.717, 1.165) is 33.3 Å². The molecule has 0 saturated heterocycles. The highest BCUT2D eigenvalue weighted by atomic mass is 32.1. The van der Waals surface area contributed by atoms with Gasteiger partial charge in [-0.25, -0.2) is 9.79 Å². The molecule has 0 N–H and O–H groups in total. The Hall–Kier alpha value is -4.15. The first-order chi connectivity index (χ1) is 17.8. The number of esters is 1. The molecule has 1 aliphatic heterocycles. The number of terminal acetylenes is 1. The number of aromatic nitrogens is 2. The zero-order valence-corrected chi connectivity index (χ0v) is 22.1. The van der Waals surface area contributed by atoms with Crippen molar-refractivity contribution in [3.8, 4) is 12.3 Å². The Morgan fingerprint density at radius 3 is 2.59 bits per heavy atom. The molecule has 5 rings (SSSR count). The average molecular weight is 510 g/mol. The van der Waals surface area contributed by atoms with Gasteiger partial charge in [0, 0.05) is 22.2 Å². The van der Waals surface area contributed by atoms with Crippen molar-refractivity contribution in [1.29, 1.82) is 0 Å². The van der Waals surface area contributed by atoms with Gasteiger partial charge in [0.25, 0.3) is 5.56 Å².